The minimum Gasteiger partial charge on any atom is -0.489 e. The summed E-state index contributed by atoms with van der Waals surface area (Å²) in [5, 5.41) is 16.2. The standard InChI is InChI=1S/C22H19ClN4O2S/c1-2-5-19-26-27-20(24)17(21(28)25-22(27)30-19)12-14-8-10-16(11-9-14)29-13-15-6-3-4-7-18(15)23/h3-4,6-12,24H,2,5,13H2,1H3. The van der Waals surface area contributed by atoms with E-state index in [1.165, 1.54) is 16.8 Å². The van der Waals surface area contributed by atoms with Gasteiger partial charge in [0.05, 0.1) is 5.57 Å². The molecular weight excluding hydrogens is 420 g/mol. The number of fused-ring (bicyclic) bond motifs is 1. The van der Waals surface area contributed by atoms with E-state index in [9.17, 15) is 4.79 Å². The van der Waals surface area contributed by atoms with Crippen LogP contribution in [0, 0.1) is 5.41 Å². The van der Waals surface area contributed by atoms with Crippen LogP contribution < -0.4 is 4.74 Å². The number of hydrazone groups is 1. The van der Waals surface area contributed by atoms with Crippen molar-refractivity contribution in [2.45, 2.75) is 26.4 Å². The Bertz CT molecular complexity index is 1090. The van der Waals surface area contributed by atoms with Gasteiger partial charge in [-0.25, -0.2) is 0 Å². The highest BCUT2D eigenvalue weighted by atomic mass is 35.5. The number of amidine groups is 2. The van der Waals surface area contributed by atoms with Gasteiger partial charge in [0.25, 0.3) is 5.91 Å². The SMILES string of the molecule is CCCC1=NN2C(=N)C(=Cc3ccc(OCc4ccccc4Cl)cc3)C(=O)N=C2S1. The first kappa shape index (κ1) is 20.4. The molecule has 0 aliphatic carbocycles. The van der Waals surface area contributed by atoms with Crippen molar-refractivity contribution in [2.24, 2.45) is 10.1 Å². The molecular formula is C22H19ClN4O2S. The lowest BCUT2D eigenvalue weighted by Crippen LogP contribution is -2.35. The first-order valence-electron chi connectivity index (χ1n) is 9.50. The van der Waals surface area contributed by atoms with Crippen molar-refractivity contribution >= 4 is 51.4 Å². The molecule has 2 heterocycles. The summed E-state index contributed by atoms with van der Waals surface area (Å²) in [5.74, 6) is 0.306. The number of nitrogens with zero attached hydrogens (tertiary/aromatic N) is 3. The van der Waals surface area contributed by atoms with Crippen LogP contribution >= 0.6 is 23.4 Å². The molecule has 0 fully saturated rings. The first-order chi connectivity index (χ1) is 14.5. The van der Waals surface area contributed by atoms with Gasteiger partial charge in [0.1, 0.15) is 17.4 Å². The average Bonchev–Trinajstić information content (AvgIpc) is 3.14. The molecule has 0 saturated carbocycles. The Morgan fingerprint density at radius 2 is 1.97 bits per heavy atom. The van der Waals surface area contributed by atoms with Crippen molar-refractivity contribution in [1.29, 1.82) is 5.41 Å². The Balaban J connectivity index is 1.48. The minimum absolute atomic E-state index is 0.0441. The molecule has 0 bridgehead atoms. The van der Waals surface area contributed by atoms with Crippen molar-refractivity contribution in [1.82, 2.24) is 5.01 Å². The van der Waals surface area contributed by atoms with Crippen LogP contribution in [0.3, 0.4) is 0 Å². The summed E-state index contributed by atoms with van der Waals surface area (Å²) in [4.78, 5) is 16.5. The molecule has 8 heteroatoms. The molecule has 4 rings (SSSR count). The number of carbonyl (C=O) groups is 1. The second-order valence-electron chi connectivity index (χ2n) is 6.71. The molecule has 0 unspecified atom stereocenters. The van der Waals surface area contributed by atoms with Crippen LogP contribution in [0.15, 0.2) is 64.2 Å². The molecule has 30 heavy (non-hydrogen) atoms. The lowest BCUT2D eigenvalue weighted by atomic mass is 10.1. The lowest BCUT2D eigenvalue weighted by Gasteiger charge is -2.20. The van der Waals surface area contributed by atoms with E-state index in [1.54, 1.807) is 6.08 Å². The quantitative estimate of drug-likeness (QED) is 0.617. The Morgan fingerprint density at radius 1 is 1.20 bits per heavy atom. The van der Waals surface area contributed by atoms with Crippen molar-refractivity contribution in [2.75, 3.05) is 0 Å². The number of aliphatic imine (C=N–C) groups is 1. The zero-order valence-electron chi connectivity index (χ0n) is 16.3. The first-order valence-corrected chi connectivity index (χ1v) is 10.7. The van der Waals surface area contributed by atoms with Gasteiger partial charge in [-0.2, -0.15) is 15.1 Å². The van der Waals surface area contributed by atoms with Crippen LogP contribution in [0.2, 0.25) is 5.02 Å². The minimum atomic E-state index is -0.425. The molecule has 1 N–H and O–H groups in total. The van der Waals surface area contributed by atoms with Crippen molar-refractivity contribution < 1.29 is 9.53 Å². The molecule has 2 aromatic rings. The Labute approximate surface area is 183 Å². The van der Waals surface area contributed by atoms with Crippen molar-refractivity contribution in [3.8, 4) is 5.75 Å². The number of benzene rings is 2. The van der Waals surface area contributed by atoms with Gasteiger partial charge in [0.2, 0.25) is 5.17 Å². The van der Waals surface area contributed by atoms with Crippen LogP contribution in [0.25, 0.3) is 6.08 Å². The summed E-state index contributed by atoms with van der Waals surface area (Å²) in [6.07, 6.45) is 3.40. The van der Waals surface area contributed by atoms with E-state index in [-0.39, 0.29) is 11.4 Å². The number of amides is 1. The van der Waals surface area contributed by atoms with Crippen LogP contribution in [-0.2, 0) is 11.4 Å². The Hall–Kier alpha value is -2.90. The molecule has 1 amide bonds. The third-order valence-corrected chi connectivity index (χ3v) is 5.84. The summed E-state index contributed by atoms with van der Waals surface area (Å²) in [5.41, 5.74) is 1.90. The molecule has 2 aliphatic heterocycles. The number of nitrogens with one attached hydrogen (secondary N) is 1. The number of halogens is 1. The fourth-order valence-corrected chi connectivity index (χ4v) is 4.13. The van der Waals surface area contributed by atoms with E-state index in [4.69, 9.17) is 21.7 Å². The Kier molecular flexibility index (Phi) is 6.01. The van der Waals surface area contributed by atoms with Crippen LogP contribution in [0.4, 0.5) is 0 Å². The third kappa shape index (κ3) is 4.32. The molecule has 0 radical (unpaired) electrons. The van der Waals surface area contributed by atoms with E-state index < -0.39 is 5.91 Å². The van der Waals surface area contributed by atoms with Gasteiger partial charge in [-0.05, 0) is 54.4 Å². The predicted molar refractivity (Wildman–Crippen MR) is 122 cm³/mol. The maximum Gasteiger partial charge on any atom is 0.283 e. The summed E-state index contributed by atoms with van der Waals surface area (Å²) in [7, 11) is 0. The van der Waals surface area contributed by atoms with Gasteiger partial charge >= 0.3 is 0 Å². The normalized spacial score (nSPS) is 17.1. The zero-order chi connectivity index (χ0) is 21.1. The number of hydrogen-bond acceptors (Lipinski definition) is 5. The smallest absolute Gasteiger partial charge is 0.283 e. The van der Waals surface area contributed by atoms with E-state index in [2.05, 4.69) is 17.0 Å². The van der Waals surface area contributed by atoms with E-state index >= 15 is 0 Å². The highest BCUT2D eigenvalue weighted by Gasteiger charge is 2.35. The monoisotopic (exact) mass is 438 g/mol. The van der Waals surface area contributed by atoms with Gasteiger partial charge in [0, 0.05) is 10.6 Å². The van der Waals surface area contributed by atoms with Crippen molar-refractivity contribution in [3.05, 3.63) is 70.3 Å². The molecule has 0 saturated heterocycles. The number of ether oxygens (including phenoxy) is 1. The Morgan fingerprint density at radius 3 is 2.70 bits per heavy atom. The number of rotatable bonds is 6. The van der Waals surface area contributed by atoms with E-state index in [0.717, 1.165) is 29.0 Å². The lowest BCUT2D eigenvalue weighted by molar-refractivity contribution is -0.114. The maximum atomic E-state index is 12.4. The number of carbonyl (C=O) groups excluding carboxylic acids is 1. The fraction of sp³-hybridized carbons (Fsp3) is 0.182. The van der Waals surface area contributed by atoms with Gasteiger partial charge < -0.3 is 4.74 Å². The second-order valence-corrected chi connectivity index (χ2v) is 8.16. The number of hydrogen-bond donors (Lipinski definition) is 1. The second kappa shape index (κ2) is 8.85. The average molecular weight is 439 g/mol. The summed E-state index contributed by atoms with van der Waals surface area (Å²) in [6.45, 7) is 2.43. The topological polar surface area (TPSA) is 78.1 Å². The predicted octanol–water partition coefficient (Wildman–Crippen LogP) is 5.34. The molecule has 0 aromatic heterocycles. The van der Waals surface area contributed by atoms with E-state index in [0.29, 0.717) is 22.5 Å². The molecule has 2 aromatic carbocycles. The molecule has 0 spiro atoms. The molecule has 0 atom stereocenters. The van der Waals surface area contributed by atoms with Crippen LogP contribution in [0.1, 0.15) is 30.9 Å². The summed E-state index contributed by atoms with van der Waals surface area (Å²) < 4.78 is 5.79. The van der Waals surface area contributed by atoms with Crippen molar-refractivity contribution in [3.63, 3.8) is 0 Å². The highest BCUT2D eigenvalue weighted by molar-refractivity contribution is 8.26. The van der Waals surface area contributed by atoms with Gasteiger partial charge in [0.15, 0.2) is 5.84 Å². The largest absolute Gasteiger partial charge is 0.489 e. The maximum absolute atomic E-state index is 12.4. The van der Waals surface area contributed by atoms with Crippen LogP contribution in [-0.4, -0.2) is 27.0 Å². The molecule has 152 valence electrons. The highest BCUT2D eigenvalue weighted by Crippen LogP contribution is 2.30. The molecule has 2 aliphatic rings. The van der Waals surface area contributed by atoms with Gasteiger partial charge in [-0.1, -0.05) is 48.9 Å². The third-order valence-electron chi connectivity index (χ3n) is 4.50. The van der Waals surface area contributed by atoms with Gasteiger partial charge in [-0.15, -0.1) is 0 Å². The molecule has 6 nitrogen and oxygen atoms in total. The summed E-state index contributed by atoms with van der Waals surface area (Å²) in [6, 6.07) is 14.8. The van der Waals surface area contributed by atoms with Crippen LogP contribution in [0.5, 0.6) is 5.75 Å². The fourth-order valence-electron chi connectivity index (χ4n) is 2.95. The number of thioether (sulfide) groups is 1. The zero-order valence-corrected chi connectivity index (χ0v) is 17.8. The van der Waals surface area contributed by atoms with Gasteiger partial charge in [-0.3, -0.25) is 10.2 Å². The van der Waals surface area contributed by atoms with E-state index in [1.807, 2.05) is 48.5 Å². The summed E-state index contributed by atoms with van der Waals surface area (Å²) >= 11 is 7.50.